The number of fused-ring (bicyclic) bond motifs is 1. The molecule has 1 amide bonds. The van der Waals surface area contributed by atoms with E-state index in [2.05, 4.69) is 23.9 Å². The van der Waals surface area contributed by atoms with Gasteiger partial charge in [0.1, 0.15) is 6.10 Å². The monoisotopic (exact) mass is 357 g/mol. The summed E-state index contributed by atoms with van der Waals surface area (Å²) in [7, 11) is 2.10. The van der Waals surface area contributed by atoms with Gasteiger partial charge in [0.15, 0.2) is 5.65 Å². The number of likely N-dealkylation sites (N-methyl/N-ethyl adjacent to an activating group) is 1. The number of amides is 1. The molecule has 0 bridgehead atoms. The Balaban J connectivity index is 1.57. The molecule has 0 radical (unpaired) electrons. The predicted octanol–water partition coefficient (Wildman–Crippen LogP) is 1.60. The fourth-order valence-corrected chi connectivity index (χ4v) is 4.26. The molecule has 4 heterocycles. The first-order valence-corrected chi connectivity index (χ1v) is 9.40. The van der Waals surface area contributed by atoms with Crippen LogP contribution >= 0.6 is 0 Å². The van der Waals surface area contributed by atoms with Gasteiger partial charge in [0, 0.05) is 56.3 Å². The summed E-state index contributed by atoms with van der Waals surface area (Å²) >= 11 is 0. The Morgan fingerprint density at radius 1 is 1.38 bits per heavy atom. The molecule has 0 aliphatic carbocycles. The van der Waals surface area contributed by atoms with Crippen molar-refractivity contribution in [3.63, 3.8) is 0 Å². The van der Waals surface area contributed by atoms with Crippen LogP contribution in [0.15, 0.2) is 24.5 Å². The number of anilines is 1. The van der Waals surface area contributed by atoms with Gasteiger partial charge < -0.3 is 20.4 Å². The van der Waals surface area contributed by atoms with Gasteiger partial charge in [-0.1, -0.05) is 6.92 Å². The summed E-state index contributed by atoms with van der Waals surface area (Å²) in [5.41, 5.74) is 1.87. The highest BCUT2D eigenvalue weighted by Crippen LogP contribution is 2.31. The number of nitrogen functional groups attached to an aromatic ring is 1. The van der Waals surface area contributed by atoms with E-state index in [1.165, 1.54) is 0 Å². The van der Waals surface area contributed by atoms with Crippen LogP contribution in [-0.4, -0.2) is 59.4 Å². The number of carbonyl (C=O) groups is 1. The first kappa shape index (κ1) is 17.1. The van der Waals surface area contributed by atoms with Gasteiger partial charge in [-0.2, -0.15) is 0 Å². The zero-order valence-electron chi connectivity index (χ0n) is 15.5. The maximum absolute atomic E-state index is 12.8. The van der Waals surface area contributed by atoms with Crippen LogP contribution in [0.3, 0.4) is 0 Å². The average Bonchev–Trinajstić information content (AvgIpc) is 3.31. The van der Waals surface area contributed by atoms with Crippen molar-refractivity contribution in [1.82, 2.24) is 14.6 Å². The standard InChI is InChI=1S/C19H27N5O2/c1-13-6-9-23(19(25)17-4-3-11-26-17)12-16(13)22(2)15-5-8-21-18-14(15)7-10-24(18)20/h5,7-8,10,13,16-17H,3-4,6,9,11-12,20H2,1-2H3/t13-,16?,17?/m1/s1. The topological polar surface area (TPSA) is 76.6 Å². The molecular weight excluding hydrogens is 330 g/mol. The number of hydrogen-bond acceptors (Lipinski definition) is 5. The SMILES string of the molecule is C[C@@H]1CCN(C(=O)C2CCCO2)CC1N(C)c1ccnc2c1ccn2N. The maximum atomic E-state index is 12.8. The van der Waals surface area contributed by atoms with E-state index in [0.29, 0.717) is 12.5 Å². The quantitative estimate of drug-likeness (QED) is 0.845. The van der Waals surface area contributed by atoms with Gasteiger partial charge in [-0.25, -0.2) is 4.98 Å². The van der Waals surface area contributed by atoms with Crippen molar-refractivity contribution in [1.29, 1.82) is 0 Å². The molecule has 2 aromatic rings. The third kappa shape index (κ3) is 2.90. The Kier molecular flexibility index (Phi) is 4.48. The molecule has 2 aliphatic heterocycles. The van der Waals surface area contributed by atoms with Crippen molar-refractivity contribution in [3.8, 4) is 0 Å². The Hall–Kier alpha value is -2.28. The molecule has 2 aromatic heterocycles. The molecule has 7 heteroatoms. The molecule has 3 atom stereocenters. The molecule has 2 N–H and O–H groups in total. The van der Waals surface area contributed by atoms with Gasteiger partial charge >= 0.3 is 0 Å². The lowest BCUT2D eigenvalue weighted by atomic mass is 9.91. The molecule has 2 fully saturated rings. The smallest absolute Gasteiger partial charge is 0.251 e. The fourth-order valence-electron chi connectivity index (χ4n) is 4.26. The zero-order valence-corrected chi connectivity index (χ0v) is 15.5. The molecule has 7 nitrogen and oxygen atoms in total. The number of piperidine rings is 1. The van der Waals surface area contributed by atoms with Crippen molar-refractivity contribution in [3.05, 3.63) is 24.5 Å². The number of aromatic nitrogens is 2. The van der Waals surface area contributed by atoms with Crippen LogP contribution in [0.1, 0.15) is 26.2 Å². The molecule has 2 unspecified atom stereocenters. The van der Waals surface area contributed by atoms with Crippen LogP contribution in [0, 0.1) is 5.92 Å². The number of likely N-dealkylation sites (tertiary alicyclic amines) is 1. The average molecular weight is 357 g/mol. The fraction of sp³-hybridized carbons (Fsp3) is 0.579. The first-order chi connectivity index (χ1) is 12.6. The van der Waals surface area contributed by atoms with E-state index >= 15 is 0 Å². The zero-order chi connectivity index (χ0) is 18.3. The van der Waals surface area contributed by atoms with E-state index in [1.807, 2.05) is 23.2 Å². The number of pyridine rings is 1. The Morgan fingerprint density at radius 3 is 3.00 bits per heavy atom. The largest absolute Gasteiger partial charge is 0.369 e. The summed E-state index contributed by atoms with van der Waals surface area (Å²) in [4.78, 5) is 21.4. The summed E-state index contributed by atoms with van der Waals surface area (Å²) in [6.45, 7) is 4.51. The summed E-state index contributed by atoms with van der Waals surface area (Å²) in [6, 6.07) is 4.27. The minimum absolute atomic E-state index is 0.154. The normalized spacial score (nSPS) is 26.4. The lowest BCUT2D eigenvalue weighted by Crippen LogP contribution is -2.54. The minimum atomic E-state index is -0.242. The van der Waals surface area contributed by atoms with Crippen LogP contribution in [-0.2, 0) is 9.53 Å². The van der Waals surface area contributed by atoms with Gasteiger partial charge in [0.25, 0.3) is 5.91 Å². The van der Waals surface area contributed by atoms with Crippen LogP contribution in [0.25, 0.3) is 11.0 Å². The number of nitrogens with two attached hydrogens (primary N) is 1. The summed E-state index contributed by atoms with van der Waals surface area (Å²) in [5.74, 6) is 6.60. The second-order valence-electron chi connectivity index (χ2n) is 7.52. The highest BCUT2D eigenvalue weighted by atomic mass is 16.5. The highest BCUT2D eigenvalue weighted by molar-refractivity contribution is 5.90. The molecule has 140 valence electrons. The van der Waals surface area contributed by atoms with Gasteiger partial charge in [-0.15, -0.1) is 0 Å². The molecular formula is C19H27N5O2. The van der Waals surface area contributed by atoms with E-state index < -0.39 is 0 Å². The third-order valence-corrected chi connectivity index (χ3v) is 5.91. The Bertz CT molecular complexity index is 798. The molecule has 4 rings (SSSR count). The van der Waals surface area contributed by atoms with E-state index in [4.69, 9.17) is 10.6 Å². The number of nitrogens with zero attached hydrogens (tertiary/aromatic N) is 4. The highest BCUT2D eigenvalue weighted by Gasteiger charge is 2.36. The van der Waals surface area contributed by atoms with Gasteiger partial charge in [0.05, 0.1) is 0 Å². The number of ether oxygens (including phenoxy) is 1. The van der Waals surface area contributed by atoms with Crippen LogP contribution < -0.4 is 10.7 Å². The molecule has 0 spiro atoms. The second kappa shape index (κ2) is 6.79. The van der Waals surface area contributed by atoms with Crippen molar-refractivity contribution in [2.75, 3.05) is 37.5 Å². The summed E-state index contributed by atoms with van der Waals surface area (Å²) in [5, 5.41) is 1.03. The van der Waals surface area contributed by atoms with Crippen molar-refractivity contribution in [2.24, 2.45) is 5.92 Å². The lowest BCUT2D eigenvalue weighted by Gasteiger charge is -2.43. The third-order valence-electron chi connectivity index (χ3n) is 5.91. The van der Waals surface area contributed by atoms with Crippen LogP contribution in [0.5, 0.6) is 0 Å². The van der Waals surface area contributed by atoms with E-state index in [0.717, 1.165) is 49.1 Å². The van der Waals surface area contributed by atoms with E-state index in [-0.39, 0.29) is 18.1 Å². The Labute approximate surface area is 153 Å². The lowest BCUT2D eigenvalue weighted by molar-refractivity contribution is -0.142. The number of carbonyl (C=O) groups excluding carboxylic acids is 1. The predicted molar refractivity (Wildman–Crippen MR) is 101 cm³/mol. The van der Waals surface area contributed by atoms with Gasteiger partial charge in [-0.05, 0) is 37.3 Å². The van der Waals surface area contributed by atoms with Crippen molar-refractivity contribution >= 4 is 22.6 Å². The van der Waals surface area contributed by atoms with Gasteiger partial charge in [-0.3, -0.25) is 9.47 Å². The minimum Gasteiger partial charge on any atom is -0.369 e. The van der Waals surface area contributed by atoms with Gasteiger partial charge in [0.2, 0.25) is 0 Å². The first-order valence-electron chi connectivity index (χ1n) is 9.40. The summed E-state index contributed by atoms with van der Waals surface area (Å²) < 4.78 is 7.15. The molecule has 2 saturated heterocycles. The van der Waals surface area contributed by atoms with Crippen LogP contribution in [0.2, 0.25) is 0 Å². The molecule has 0 saturated carbocycles. The van der Waals surface area contributed by atoms with Crippen LogP contribution in [0.4, 0.5) is 5.69 Å². The Morgan fingerprint density at radius 2 is 2.23 bits per heavy atom. The van der Waals surface area contributed by atoms with Crippen molar-refractivity contribution in [2.45, 2.75) is 38.3 Å². The number of rotatable bonds is 3. The van der Waals surface area contributed by atoms with E-state index in [1.54, 1.807) is 10.9 Å². The maximum Gasteiger partial charge on any atom is 0.251 e. The number of hydrogen-bond donors (Lipinski definition) is 1. The molecule has 26 heavy (non-hydrogen) atoms. The van der Waals surface area contributed by atoms with Crippen molar-refractivity contribution < 1.29 is 9.53 Å². The molecule has 0 aromatic carbocycles. The summed E-state index contributed by atoms with van der Waals surface area (Å²) in [6.07, 6.45) is 6.20. The second-order valence-corrected chi connectivity index (χ2v) is 7.52. The molecule has 2 aliphatic rings. The van der Waals surface area contributed by atoms with E-state index in [9.17, 15) is 4.79 Å².